The van der Waals surface area contributed by atoms with Gasteiger partial charge in [-0.2, -0.15) is 4.98 Å². The van der Waals surface area contributed by atoms with E-state index in [2.05, 4.69) is 38.8 Å². The van der Waals surface area contributed by atoms with E-state index in [4.69, 9.17) is 9.47 Å². The summed E-state index contributed by atoms with van der Waals surface area (Å²) in [5.41, 5.74) is 5.01. The monoisotopic (exact) mass is 463 g/mol. The Hall–Kier alpha value is -3.29. The highest BCUT2D eigenvalue weighted by molar-refractivity contribution is 5.79. The number of fused-ring (bicyclic) bond motifs is 2. The molecule has 0 saturated carbocycles. The Morgan fingerprint density at radius 1 is 1.21 bits per heavy atom. The van der Waals surface area contributed by atoms with E-state index in [-0.39, 0.29) is 6.09 Å². The Balaban J connectivity index is 1.38. The molecule has 1 aliphatic carbocycles. The smallest absolute Gasteiger partial charge is 0.410 e. The predicted molar refractivity (Wildman–Crippen MR) is 133 cm³/mol. The van der Waals surface area contributed by atoms with Gasteiger partial charge in [0.1, 0.15) is 17.2 Å². The summed E-state index contributed by atoms with van der Waals surface area (Å²) in [7, 11) is 1.85. The van der Waals surface area contributed by atoms with Gasteiger partial charge in [0.15, 0.2) is 0 Å². The number of benzene rings is 1. The number of amides is 1. The predicted octanol–water partition coefficient (Wildman–Crippen LogP) is 4.78. The molecular formula is C26H33N5O3. The summed E-state index contributed by atoms with van der Waals surface area (Å²) in [4.78, 5) is 23.4. The van der Waals surface area contributed by atoms with Crippen LogP contribution in [0.2, 0.25) is 0 Å². The Morgan fingerprint density at radius 3 is 2.76 bits per heavy atom. The number of rotatable bonds is 4. The zero-order valence-corrected chi connectivity index (χ0v) is 20.6. The first kappa shape index (κ1) is 22.5. The minimum absolute atomic E-state index is 0.216. The highest BCUT2D eigenvalue weighted by Crippen LogP contribution is 2.46. The van der Waals surface area contributed by atoms with Crippen LogP contribution in [-0.4, -0.2) is 53.3 Å². The van der Waals surface area contributed by atoms with Crippen LogP contribution in [0.1, 0.15) is 44.0 Å². The Labute approximate surface area is 200 Å². The molecule has 0 radical (unpaired) electrons. The number of ether oxygens (including phenoxy) is 2. The van der Waals surface area contributed by atoms with Crippen molar-refractivity contribution in [2.75, 3.05) is 37.4 Å². The molecule has 5 rings (SSSR count). The third-order valence-corrected chi connectivity index (χ3v) is 6.54. The van der Waals surface area contributed by atoms with Gasteiger partial charge in [0.2, 0.25) is 5.95 Å². The summed E-state index contributed by atoms with van der Waals surface area (Å²) in [6.45, 7) is 9.80. The van der Waals surface area contributed by atoms with E-state index in [0.717, 1.165) is 47.9 Å². The van der Waals surface area contributed by atoms with Crippen LogP contribution in [0.5, 0.6) is 5.75 Å². The molecule has 1 saturated heterocycles. The van der Waals surface area contributed by atoms with Crippen LogP contribution in [0.3, 0.4) is 0 Å². The normalized spacial score (nSPS) is 21.0. The maximum Gasteiger partial charge on any atom is 0.410 e. The lowest BCUT2D eigenvalue weighted by molar-refractivity contribution is 0.0285. The third kappa shape index (κ3) is 4.54. The summed E-state index contributed by atoms with van der Waals surface area (Å²) >= 11 is 0. The van der Waals surface area contributed by atoms with Gasteiger partial charge in [-0.1, -0.05) is 6.08 Å². The van der Waals surface area contributed by atoms with Crippen molar-refractivity contribution in [3.05, 3.63) is 41.1 Å². The van der Waals surface area contributed by atoms with Crippen molar-refractivity contribution in [2.45, 2.75) is 46.1 Å². The van der Waals surface area contributed by atoms with Crippen LogP contribution in [0, 0.1) is 18.8 Å². The first-order valence-corrected chi connectivity index (χ1v) is 12.0. The summed E-state index contributed by atoms with van der Waals surface area (Å²) < 4.78 is 11.6. The van der Waals surface area contributed by atoms with Gasteiger partial charge in [-0.3, -0.25) is 0 Å². The number of carbonyl (C=O) groups is 1. The quantitative estimate of drug-likeness (QED) is 0.675. The molecule has 3 aliphatic rings. The number of aromatic nitrogens is 2. The van der Waals surface area contributed by atoms with Crippen molar-refractivity contribution in [2.24, 2.45) is 11.8 Å². The topological polar surface area (TPSA) is 88.6 Å². The molecule has 2 N–H and O–H groups in total. The molecule has 180 valence electrons. The van der Waals surface area contributed by atoms with E-state index < -0.39 is 5.60 Å². The maximum absolute atomic E-state index is 12.5. The van der Waals surface area contributed by atoms with Gasteiger partial charge < -0.3 is 25.0 Å². The number of nitrogens with one attached hydrogen (secondary N) is 2. The summed E-state index contributed by atoms with van der Waals surface area (Å²) in [5, 5.41) is 6.47. The van der Waals surface area contributed by atoms with Gasteiger partial charge in [-0.05, 0) is 63.7 Å². The molecule has 34 heavy (non-hydrogen) atoms. The van der Waals surface area contributed by atoms with E-state index in [1.54, 1.807) is 0 Å². The number of anilines is 3. The first-order valence-electron chi connectivity index (χ1n) is 12.0. The summed E-state index contributed by atoms with van der Waals surface area (Å²) in [5.74, 6) is 3.09. The lowest BCUT2D eigenvalue weighted by Crippen LogP contribution is -2.35. The van der Waals surface area contributed by atoms with Gasteiger partial charge in [0.25, 0.3) is 0 Å². The van der Waals surface area contributed by atoms with Crippen LogP contribution >= 0.6 is 0 Å². The molecule has 3 heterocycles. The fraction of sp³-hybridized carbons (Fsp3) is 0.500. The molecular weight excluding hydrogens is 430 g/mol. The second kappa shape index (κ2) is 8.49. The zero-order valence-electron chi connectivity index (χ0n) is 20.6. The zero-order chi connectivity index (χ0) is 24.0. The van der Waals surface area contributed by atoms with Crippen molar-refractivity contribution >= 4 is 29.1 Å². The molecule has 2 aromatic rings. The van der Waals surface area contributed by atoms with Gasteiger partial charge >= 0.3 is 6.09 Å². The molecule has 1 aromatic heterocycles. The number of aryl methyl sites for hydroxylation is 1. The highest BCUT2D eigenvalue weighted by Gasteiger charge is 2.40. The standard InChI is InChI=1S/C26H33N5O3/c1-15-8-22(27-5)30-24(28-15)29-20-11-16-6-7-33-23(16)21(12-20)17-9-18-13-31(14-19(18)10-17)25(32)34-26(2,3)4/h8-9,11-12,18-19H,6-7,10,13-14H2,1-5H3,(H2,27,28,29,30). The number of likely N-dealkylation sites (tertiary alicyclic amines) is 1. The first-order chi connectivity index (χ1) is 16.2. The van der Waals surface area contributed by atoms with Crippen LogP contribution in [0.4, 0.5) is 22.2 Å². The lowest BCUT2D eigenvalue weighted by atomic mass is 9.96. The summed E-state index contributed by atoms with van der Waals surface area (Å²) in [6, 6.07) is 6.19. The van der Waals surface area contributed by atoms with E-state index in [0.29, 0.717) is 30.9 Å². The molecule has 8 nitrogen and oxygen atoms in total. The Kier molecular flexibility index (Phi) is 5.62. The highest BCUT2D eigenvalue weighted by atomic mass is 16.6. The summed E-state index contributed by atoms with van der Waals surface area (Å²) in [6.07, 6.45) is 3.93. The van der Waals surface area contributed by atoms with Gasteiger partial charge in [-0.15, -0.1) is 0 Å². The van der Waals surface area contributed by atoms with Crippen LogP contribution in [0.15, 0.2) is 24.3 Å². The fourth-order valence-electron chi connectivity index (χ4n) is 5.09. The third-order valence-electron chi connectivity index (χ3n) is 6.54. The number of hydrogen-bond acceptors (Lipinski definition) is 7. The molecule has 0 spiro atoms. The second-order valence-corrected chi connectivity index (χ2v) is 10.4. The van der Waals surface area contributed by atoms with Crippen LogP contribution < -0.4 is 15.4 Å². The minimum atomic E-state index is -0.476. The Morgan fingerprint density at radius 2 is 2.03 bits per heavy atom. The molecule has 1 amide bonds. The van der Waals surface area contributed by atoms with E-state index in [9.17, 15) is 4.79 Å². The van der Waals surface area contributed by atoms with Gasteiger partial charge in [-0.25, -0.2) is 9.78 Å². The Bertz CT molecular complexity index is 1150. The lowest BCUT2D eigenvalue weighted by Gasteiger charge is -2.24. The molecule has 2 atom stereocenters. The molecule has 1 aromatic carbocycles. The van der Waals surface area contributed by atoms with Gasteiger partial charge in [0.05, 0.1) is 6.61 Å². The van der Waals surface area contributed by atoms with Gasteiger partial charge in [0, 0.05) is 55.1 Å². The average molecular weight is 464 g/mol. The average Bonchev–Trinajstić information content (AvgIpc) is 3.46. The van der Waals surface area contributed by atoms with Crippen molar-refractivity contribution in [1.82, 2.24) is 14.9 Å². The van der Waals surface area contributed by atoms with Crippen molar-refractivity contribution < 1.29 is 14.3 Å². The molecule has 0 bridgehead atoms. The molecule has 2 unspecified atom stereocenters. The second-order valence-electron chi connectivity index (χ2n) is 10.4. The maximum atomic E-state index is 12.5. The minimum Gasteiger partial charge on any atom is -0.492 e. The van der Waals surface area contributed by atoms with E-state index in [1.807, 2.05) is 45.7 Å². The van der Waals surface area contributed by atoms with E-state index in [1.165, 1.54) is 11.1 Å². The van der Waals surface area contributed by atoms with E-state index >= 15 is 0 Å². The van der Waals surface area contributed by atoms with Crippen LogP contribution in [0.25, 0.3) is 5.57 Å². The molecule has 8 heteroatoms. The number of allylic oxidation sites excluding steroid dienone is 1. The largest absolute Gasteiger partial charge is 0.492 e. The number of hydrogen-bond donors (Lipinski definition) is 2. The number of carbonyl (C=O) groups excluding carboxylic acids is 1. The van der Waals surface area contributed by atoms with Crippen molar-refractivity contribution in [1.29, 1.82) is 0 Å². The number of nitrogens with zero attached hydrogens (tertiary/aromatic N) is 3. The van der Waals surface area contributed by atoms with Crippen LogP contribution in [-0.2, 0) is 11.2 Å². The fourth-order valence-corrected chi connectivity index (χ4v) is 5.09. The molecule has 1 fully saturated rings. The van der Waals surface area contributed by atoms with Crippen molar-refractivity contribution in [3.63, 3.8) is 0 Å². The van der Waals surface area contributed by atoms with Crippen molar-refractivity contribution in [3.8, 4) is 5.75 Å². The molecule has 2 aliphatic heterocycles. The SMILES string of the molecule is CNc1cc(C)nc(Nc2cc3c(c(C4=CC5CN(C(=O)OC(C)(C)C)CC5C4)c2)OCC3)n1.